The van der Waals surface area contributed by atoms with Gasteiger partial charge in [-0.2, -0.15) is 0 Å². The molecule has 4 heteroatoms. The Balaban J connectivity index is 1.84. The summed E-state index contributed by atoms with van der Waals surface area (Å²) in [6.07, 6.45) is 1.04. The van der Waals surface area contributed by atoms with Gasteiger partial charge in [0.2, 0.25) is 0 Å². The third-order valence-corrected chi connectivity index (χ3v) is 3.21. The lowest BCUT2D eigenvalue weighted by Gasteiger charge is -2.20. The van der Waals surface area contributed by atoms with Crippen LogP contribution in [-0.2, 0) is 4.74 Å². The molecule has 18 heavy (non-hydrogen) atoms. The zero-order valence-electron chi connectivity index (χ0n) is 11.0. The van der Waals surface area contributed by atoms with Gasteiger partial charge in [-0.05, 0) is 25.5 Å². The van der Waals surface area contributed by atoms with Crippen LogP contribution in [0.25, 0.3) is 0 Å². The average Bonchev–Trinajstić information content (AvgIpc) is 2.85. The van der Waals surface area contributed by atoms with E-state index in [0.717, 1.165) is 31.9 Å². The van der Waals surface area contributed by atoms with E-state index in [1.165, 1.54) is 5.56 Å². The van der Waals surface area contributed by atoms with E-state index in [-0.39, 0.29) is 6.03 Å². The molecule has 1 fully saturated rings. The van der Waals surface area contributed by atoms with Crippen molar-refractivity contribution in [3.63, 3.8) is 0 Å². The van der Waals surface area contributed by atoms with Crippen LogP contribution in [0.3, 0.4) is 0 Å². The molecule has 1 aliphatic rings. The Hall–Kier alpha value is -1.55. The van der Waals surface area contributed by atoms with Gasteiger partial charge in [0.1, 0.15) is 0 Å². The fourth-order valence-corrected chi connectivity index (χ4v) is 2.05. The van der Waals surface area contributed by atoms with Gasteiger partial charge in [-0.3, -0.25) is 0 Å². The summed E-state index contributed by atoms with van der Waals surface area (Å²) in [6, 6.07) is 7.74. The highest BCUT2D eigenvalue weighted by molar-refractivity contribution is 5.89. The smallest absolute Gasteiger partial charge is 0.321 e. The summed E-state index contributed by atoms with van der Waals surface area (Å²) in [7, 11) is 1.82. The van der Waals surface area contributed by atoms with E-state index in [1.807, 2.05) is 38.2 Å². The summed E-state index contributed by atoms with van der Waals surface area (Å²) < 4.78 is 5.31. The number of nitrogens with zero attached hydrogens (tertiary/aromatic N) is 1. The molecule has 4 nitrogen and oxygen atoms in total. The summed E-state index contributed by atoms with van der Waals surface area (Å²) in [5, 5.41) is 2.89. The summed E-state index contributed by atoms with van der Waals surface area (Å²) in [5.41, 5.74) is 2.02. The van der Waals surface area contributed by atoms with Gasteiger partial charge in [-0.15, -0.1) is 0 Å². The van der Waals surface area contributed by atoms with Crippen LogP contribution in [0, 0.1) is 12.8 Å². The molecule has 1 aromatic carbocycles. The number of amides is 2. The number of aryl methyl sites for hydroxylation is 1. The maximum absolute atomic E-state index is 12.0. The first-order chi connectivity index (χ1) is 8.65. The van der Waals surface area contributed by atoms with Crippen LogP contribution in [0.4, 0.5) is 10.5 Å². The maximum atomic E-state index is 12.0. The van der Waals surface area contributed by atoms with E-state index in [0.29, 0.717) is 5.92 Å². The van der Waals surface area contributed by atoms with Crippen molar-refractivity contribution in [1.29, 1.82) is 0 Å². The third-order valence-electron chi connectivity index (χ3n) is 3.21. The van der Waals surface area contributed by atoms with Gasteiger partial charge in [0.25, 0.3) is 0 Å². The molecule has 2 amide bonds. The average molecular weight is 248 g/mol. The summed E-state index contributed by atoms with van der Waals surface area (Å²) in [5.74, 6) is 0.471. The number of rotatable bonds is 3. The first kappa shape index (κ1) is 12.9. The molecule has 0 aromatic heterocycles. The summed E-state index contributed by atoms with van der Waals surface area (Å²) in [6.45, 7) is 4.36. The number of nitrogens with one attached hydrogen (secondary N) is 1. The Morgan fingerprint density at radius 1 is 1.44 bits per heavy atom. The van der Waals surface area contributed by atoms with E-state index in [1.54, 1.807) is 4.90 Å². The molecular formula is C14H20N2O2. The number of carbonyl (C=O) groups excluding carboxylic acids is 1. The molecule has 1 atom stereocenters. The Labute approximate surface area is 108 Å². The minimum Gasteiger partial charge on any atom is -0.381 e. The molecule has 98 valence electrons. The lowest BCUT2D eigenvalue weighted by molar-refractivity contribution is 0.175. The molecule has 0 aliphatic carbocycles. The first-order valence-corrected chi connectivity index (χ1v) is 6.31. The normalized spacial score (nSPS) is 18.7. The molecule has 2 rings (SSSR count). The van der Waals surface area contributed by atoms with Gasteiger partial charge in [0.05, 0.1) is 6.61 Å². The molecule has 0 spiro atoms. The monoisotopic (exact) mass is 248 g/mol. The number of carbonyl (C=O) groups is 1. The zero-order chi connectivity index (χ0) is 13.0. The van der Waals surface area contributed by atoms with Crippen molar-refractivity contribution < 1.29 is 9.53 Å². The molecular weight excluding hydrogens is 228 g/mol. The number of hydrogen-bond acceptors (Lipinski definition) is 2. The van der Waals surface area contributed by atoms with Crippen LogP contribution >= 0.6 is 0 Å². The van der Waals surface area contributed by atoms with E-state index >= 15 is 0 Å². The van der Waals surface area contributed by atoms with Crippen LogP contribution < -0.4 is 5.32 Å². The lowest BCUT2D eigenvalue weighted by atomic mass is 10.1. The van der Waals surface area contributed by atoms with Gasteiger partial charge >= 0.3 is 6.03 Å². The molecule has 1 aliphatic heterocycles. The Kier molecular flexibility index (Phi) is 4.20. The van der Waals surface area contributed by atoms with Crippen molar-refractivity contribution in [1.82, 2.24) is 4.90 Å². The van der Waals surface area contributed by atoms with E-state index < -0.39 is 0 Å². The van der Waals surface area contributed by atoms with Crippen molar-refractivity contribution in [3.05, 3.63) is 29.8 Å². The lowest BCUT2D eigenvalue weighted by Crippen LogP contribution is -2.35. The van der Waals surface area contributed by atoms with E-state index in [2.05, 4.69) is 5.32 Å². The number of ether oxygens (including phenoxy) is 1. The highest BCUT2D eigenvalue weighted by Crippen LogP contribution is 2.14. The van der Waals surface area contributed by atoms with Gasteiger partial charge in [0, 0.05) is 31.8 Å². The first-order valence-electron chi connectivity index (χ1n) is 6.31. The maximum Gasteiger partial charge on any atom is 0.321 e. The second-order valence-electron chi connectivity index (χ2n) is 4.91. The molecule has 0 radical (unpaired) electrons. The molecule has 1 unspecified atom stereocenters. The number of urea groups is 1. The van der Waals surface area contributed by atoms with Gasteiger partial charge in [-0.25, -0.2) is 4.79 Å². The van der Waals surface area contributed by atoms with Crippen molar-refractivity contribution in [2.24, 2.45) is 5.92 Å². The molecule has 1 N–H and O–H groups in total. The van der Waals surface area contributed by atoms with Crippen LogP contribution in [0.15, 0.2) is 24.3 Å². The summed E-state index contributed by atoms with van der Waals surface area (Å²) in [4.78, 5) is 13.7. The van der Waals surface area contributed by atoms with Crippen molar-refractivity contribution >= 4 is 11.7 Å². The summed E-state index contributed by atoms with van der Waals surface area (Å²) >= 11 is 0. The van der Waals surface area contributed by atoms with Crippen LogP contribution in [0.5, 0.6) is 0 Å². The Bertz CT molecular complexity index is 397. The number of benzene rings is 1. The van der Waals surface area contributed by atoms with Crippen molar-refractivity contribution in [2.75, 3.05) is 32.1 Å². The zero-order valence-corrected chi connectivity index (χ0v) is 11.0. The molecule has 1 heterocycles. The van der Waals surface area contributed by atoms with Gasteiger partial charge in [0.15, 0.2) is 0 Å². The van der Waals surface area contributed by atoms with Crippen molar-refractivity contribution in [2.45, 2.75) is 13.3 Å². The van der Waals surface area contributed by atoms with Crippen molar-refractivity contribution in [3.8, 4) is 0 Å². The van der Waals surface area contributed by atoms with E-state index in [4.69, 9.17) is 4.74 Å². The minimum atomic E-state index is -0.0641. The Morgan fingerprint density at radius 3 is 2.78 bits per heavy atom. The molecule has 1 aromatic rings. The van der Waals surface area contributed by atoms with Crippen LogP contribution in [0.2, 0.25) is 0 Å². The minimum absolute atomic E-state index is 0.0641. The fourth-order valence-electron chi connectivity index (χ4n) is 2.05. The second-order valence-corrected chi connectivity index (χ2v) is 4.91. The molecule has 1 saturated heterocycles. The highest BCUT2D eigenvalue weighted by atomic mass is 16.5. The Morgan fingerprint density at radius 2 is 2.17 bits per heavy atom. The second kappa shape index (κ2) is 5.87. The van der Waals surface area contributed by atoms with Crippen LogP contribution in [0.1, 0.15) is 12.0 Å². The largest absolute Gasteiger partial charge is 0.381 e. The highest BCUT2D eigenvalue weighted by Gasteiger charge is 2.19. The quantitative estimate of drug-likeness (QED) is 0.893. The van der Waals surface area contributed by atoms with E-state index in [9.17, 15) is 4.79 Å². The SMILES string of the molecule is Cc1ccc(NC(=O)N(C)CC2CCOC2)cc1. The van der Waals surface area contributed by atoms with Crippen LogP contribution in [-0.4, -0.2) is 37.7 Å². The standard InChI is InChI=1S/C14H20N2O2/c1-11-3-5-13(6-4-11)15-14(17)16(2)9-12-7-8-18-10-12/h3-6,12H,7-10H2,1-2H3,(H,15,17). The third kappa shape index (κ3) is 3.47. The number of hydrogen-bond donors (Lipinski definition) is 1. The van der Waals surface area contributed by atoms with Gasteiger partial charge < -0.3 is 15.0 Å². The molecule has 0 saturated carbocycles. The molecule has 0 bridgehead atoms. The number of anilines is 1. The predicted octanol–water partition coefficient (Wildman–Crippen LogP) is 2.50. The van der Waals surface area contributed by atoms with Gasteiger partial charge in [-0.1, -0.05) is 17.7 Å². The topological polar surface area (TPSA) is 41.6 Å². The predicted molar refractivity (Wildman–Crippen MR) is 71.8 cm³/mol. The fraction of sp³-hybridized carbons (Fsp3) is 0.500.